The monoisotopic (exact) mass is 238 g/mol. The number of rotatable bonds is 7. The van der Waals surface area contributed by atoms with Crippen LogP contribution in [0.5, 0.6) is 5.75 Å². The summed E-state index contributed by atoms with van der Waals surface area (Å²) in [5.74, 6) is 1.87. The highest BCUT2D eigenvalue weighted by Gasteiger charge is 2.09. The maximum Gasteiger partial charge on any atom is 0.132 e. The Morgan fingerprint density at radius 1 is 1.44 bits per heavy atom. The Labute approximate surface area is 101 Å². The third kappa shape index (κ3) is 3.89. The van der Waals surface area contributed by atoms with Gasteiger partial charge >= 0.3 is 0 Å². The molecule has 1 unspecified atom stereocenters. The Morgan fingerprint density at radius 3 is 2.81 bits per heavy atom. The lowest BCUT2D eigenvalue weighted by Gasteiger charge is -2.10. The van der Waals surface area contributed by atoms with Gasteiger partial charge in [-0.15, -0.1) is 11.8 Å². The normalized spacial score (nSPS) is 12.1. The van der Waals surface area contributed by atoms with Crippen LogP contribution in [0, 0.1) is 5.92 Å². The first-order valence-corrected chi connectivity index (χ1v) is 6.51. The molecule has 1 aromatic carbocycles. The second kappa shape index (κ2) is 7.34. The molecule has 0 aromatic heterocycles. The highest BCUT2D eigenvalue weighted by molar-refractivity contribution is 7.99. The van der Waals surface area contributed by atoms with E-state index in [1.807, 2.05) is 24.3 Å². The van der Waals surface area contributed by atoms with Crippen LogP contribution in [0.1, 0.15) is 19.8 Å². The van der Waals surface area contributed by atoms with Crippen LogP contribution in [-0.4, -0.2) is 19.1 Å². The van der Waals surface area contributed by atoms with E-state index in [-0.39, 0.29) is 5.92 Å². The number of hydrogen-bond donors (Lipinski definition) is 0. The van der Waals surface area contributed by atoms with Crippen LogP contribution in [0.4, 0.5) is 0 Å². The highest BCUT2D eigenvalue weighted by Crippen LogP contribution is 2.30. The molecule has 3 heteroatoms. The van der Waals surface area contributed by atoms with E-state index in [1.54, 1.807) is 18.9 Å². The molecule has 1 atom stereocenters. The van der Waals surface area contributed by atoms with Crippen molar-refractivity contribution in [2.45, 2.75) is 24.7 Å². The first-order valence-electron chi connectivity index (χ1n) is 5.53. The predicted molar refractivity (Wildman–Crippen MR) is 68.2 cm³/mol. The maximum absolute atomic E-state index is 10.8. The van der Waals surface area contributed by atoms with E-state index in [0.29, 0.717) is 0 Å². The minimum Gasteiger partial charge on any atom is -0.496 e. The zero-order valence-corrected chi connectivity index (χ0v) is 10.6. The minimum atomic E-state index is 0.153. The van der Waals surface area contributed by atoms with Gasteiger partial charge in [0.15, 0.2) is 0 Å². The standard InChI is InChI=1S/C13H18O2S/c1-3-6-11(9-14)10-16-13-8-5-4-7-12(13)15-2/h4-5,7-9,11H,3,6,10H2,1-2H3. The van der Waals surface area contributed by atoms with Crippen molar-refractivity contribution in [2.24, 2.45) is 5.92 Å². The van der Waals surface area contributed by atoms with E-state index in [1.165, 1.54) is 0 Å². The summed E-state index contributed by atoms with van der Waals surface area (Å²) in [6.45, 7) is 2.10. The molecule has 88 valence electrons. The molecule has 0 aliphatic carbocycles. The van der Waals surface area contributed by atoms with E-state index in [0.717, 1.165) is 35.5 Å². The van der Waals surface area contributed by atoms with Gasteiger partial charge in [0, 0.05) is 16.6 Å². The van der Waals surface area contributed by atoms with Crippen molar-refractivity contribution in [3.05, 3.63) is 24.3 Å². The van der Waals surface area contributed by atoms with Gasteiger partial charge in [-0.3, -0.25) is 0 Å². The lowest BCUT2D eigenvalue weighted by Crippen LogP contribution is -2.04. The van der Waals surface area contributed by atoms with Gasteiger partial charge < -0.3 is 9.53 Å². The quantitative estimate of drug-likeness (QED) is 0.538. The Morgan fingerprint density at radius 2 is 2.19 bits per heavy atom. The molecule has 0 aliphatic heterocycles. The molecule has 0 spiro atoms. The fraction of sp³-hybridized carbons (Fsp3) is 0.462. The van der Waals surface area contributed by atoms with Crippen LogP contribution < -0.4 is 4.74 Å². The molecule has 0 N–H and O–H groups in total. The van der Waals surface area contributed by atoms with Gasteiger partial charge in [0.25, 0.3) is 0 Å². The number of ether oxygens (including phenoxy) is 1. The largest absolute Gasteiger partial charge is 0.496 e. The van der Waals surface area contributed by atoms with Crippen molar-refractivity contribution in [1.82, 2.24) is 0 Å². The summed E-state index contributed by atoms with van der Waals surface area (Å²) in [7, 11) is 1.67. The van der Waals surface area contributed by atoms with Crippen LogP contribution in [0.3, 0.4) is 0 Å². The Kier molecular flexibility index (Phi) is 6.01. The molecule has 16 heavy (non-hydrogen) atoms. The summed E-state index contributed by atoms with van der Waals surface area (Å²) < 4.78 is 5.26. The molecule has 0 aliphatic rings. The summed E-state index contributed by atoms with van der Waals surface area (Å²) >= 11 is 1.69. The molecule has 1 rings (SSSR count). The molecule has 0 radical (unpaired) electrons. The minimum absolute atomic E-state index is 0.153. The number of carbonyl (C=O) groups is 1. The molecular weight excluding hydrogens is 220 g/mol. The van der Waals surface area contributed by atoms with E-state index in [9.17, 15) is 4.79 Å². The molecule has 0 amide bonds. The number of thioether (sulfide) groups is 1. The van der Waals surface area contributed by atoms with Crippen molar-refractivity contribution >= 4 is 18.0 Å². The van der Waals surface area contributed by atoms with Crippen molar-refractivity contribution in [3.63, 3.8) is 0 Å². The molecule has 0 bridgehead atoms. The van der Waals surface area contributed by atoms with Gasteiger partial charge in [-0.1, -0.05) is 25.5 Å². The lowest BCUT2D eigenvalue weighted by atomic mass is 10.1. The number of carbonyl (C=O) groups excluding carboxylic acids is 1. The zero-order valence-electron chi connectivity index (χ0n) is 9.81. The highest BCUT2D eigenvalue weighted by atomic mass is 32.2. The van der Waals surface area contributed by atoms with Crippen molar-refractivity contribution in [3.8, 4) is 5.75 Å². The molecule has 1 aromatic rings. The molecule has 0 saturated heterocycles. The number of para-hydroxylation sites is 1. The Balaban J connectivity index is 2.55. The smallest absolute Gasteiger partial charge is 0.132 e. The zero-order chi connectivity index (χ0) is 11.8. The van der Waals surface area contributed by atoms with Gasteiger partial charge in [0.05, 0.1) is 7.11 Å². The van der Waals surface area contributed by atoms with Crippen molar-refractivity contribution in [1.29, 1.82) is 0 Å². The van der Waals surface area contributed by atoms with Gasteiger partial charge in [0.2, 0.25) is 0 Å². The average molecular weight is 238 g/mol. The molecule has 0 heterocycles. The second-order valence-corrected chi connectivity index (χ2v) is 4.71. The van der Waals surface area contributed by atoms with Crippen molar-refractivity contribution < 1.29 is 9.53 Å². The van der Waals surface area contributed by atoms with Crippen LogP contribution in [-0.2, 0) is 4.79 Å². The summed E-state index contributed by atoms with van der Waals surface area (Å²) in [6.07, 6.45) is 3.08. The van der Waals surface area contributed by atoms with Crippen LogP contribution in [0.25, 0.3) is 0 Å². The SMILES string of the molecule is CCCC(C=O)CSc1ccccc1OC. The van der Waals surface area contributed by atoms with E-state index in [4.69, 9.17) is 4.74 Å². The first-order chi connectivity index (χ1) is 7.81. The number of hydrogen-bond acceptors (Lipinski definition) is 3. The molecule has 0 fully saturated rings. The second-order valence-electron chi connectivity index (χ2n) is 3.65. The number of aldehydes is 1. The van der Waals surface area contributed by atoms with Gasteiger partial charge in [-0.25, -0.2) is 0 Å². The van der Waals surface area contributed by atoms with Crippen LogP contribution in [0.15, 0.2) is 29.2 Å². The molecular formula is C13H18O2S. The van der Waals surface area contributed by atoms with E-state index < -0.39 is 0 Å². The summed E-state index contributed by atoms with van der Waals surface area (Å²) in [4.78, 5) is 11.9. The fourth-order valence-electron chi connectivity index (χ4n) is 1.50. The number of benzene rings is 1. The third-order valence-electron chi connectivity index (χ3n) is 2.37. The maximum atomic E-state index is 10.8. The molecule has 0 saturated carbocycles. The summed E-state index contributed by atoms with van der Waals surface area (Å²) in [6, 6.07) is 7.90. The summed E-state index contributed by atoms with van der Waals surface area (Å²) in [5, 5.41) is 0. The van der Waals surface area contributed by atoms with Crippen molar-refractivity contribution in [2.75, 3.05) is 12.9 Å². The lowest BCUT2D eigenvalue weighted by molar-refractivity contribution is -0.110. The third-order valence-corrected chi connectivity index (χ3v) is 3.62. The predicted octanol–water partition coefficient (Wildman–Crippen LogP) is 3.40. The van der Waals surface area contributed by atoms with Gasteiger partial charge in [0.1, 0.15) is 12.0 Å². The molecule has 2 nitrogen and oxygen atoms in total. The Bertz CT molecular complexity index is 325. The van der Waals surface area contributed by atoms with Crippen LogP contribution >= 0.6 is 11.8 Å². The van der Waals surface area contributed by atoms with Gasteiger partial charge in [-0.05, 0) is 18.6 Å². The van der Waals surface area contributed by atoms with E-state index >= 15 is 0 Å². The topological polar surface area (TPSA) is 26.3 Å². The average Bonchev–Trinajstić information content (AvgIpc) is 2.34. The summed E-state index contributed by atoms with van der Waals surface area (Å²) in [5.41, 5.74) is 0. The van der Waals surface area contributed by atoms with Crippen LogP contribution in [0.2, 0.25) is 0 Å². The fourth-order valence-corrected chi connectivity index (χ4v) is 2.60. The number of methoxy groups -OCH3 is 1. The first kappa shape index (κ1) is 13.1. The Hall–Kier alpha value is -0.960. The van der Waals surface area contributed by atoms with Gasteiger partial charge in [-0.2, -0.15) is 0 Å². The van der Waals surface area contributed by atoms with E-state index in [2.05, 4.69) is 6.92 Å².